The van der Waals surface area contributed by atoms with Crippen molar-refractivity contribution in [3.8, 4) is 5.69 Å². The second-order valence-electron chi connectivity index (χ2n) is 6.49. The number of aromatic nitrogens is 2. The number of fused-ring (bicyclic) bond motifs is 1. The van der Waals surface area contributed by atoms with Gasteiger partial charge in [-0.2, -0.15) is 0 Å². The first kappa shape index (κ1) is 20.1. The summed E-state index contributed by atoms with van der Waals surface area (Å²) in [5.74, 6) is -0.270. The molecule has 2 aromatic carbocycles. The van der Waals surface area contributed by atoms with Crippen LogP contribution in [0.15, 0.2) is 58.5 Å². The normalized spacial score (nSPS) is 12.1. The molecule has 3 aromatic rings. The summed E-state index contributed by atoms with van der Waals surface area (Å²) < 4.78 is 6.86. The molecule has 0 amide bonds. The van der Waals surface area contributed by atoms with Gasteiger partial charge in [-0.3, -0.25) is 14.2 Å². The summed E-state index contributed by atoms with van der Waals surface area (Å²) in [5, 5.41) is 0.649. The molecule has 0 saturated heterocycles. The zero-order chi connectivity index (χ0) is 20.1. The number of thioether (sulfide) groups is 1. The van der Waals surface area contributed by atoms with Crippen molar-refractivity contribution in [3.63, 3.8) is 0 Å². The molecule has 0 saturated carbocycles. The Balaban J connectivity index is 2.20. The Morgan fingerprint density at radius 2 is 1.86 bits per heavy atom. The zero-order valence-electron chi connectivity index (χ0n) is 16.3. The lowest BCUT2D eigenvalue weighted by atomic mass is 10.2. The molecule has 0 fully saturated rings. The van der Waals surface area contributed by atoms with E-state index >= 15 is 0 Å². The fourth-order valence-corrected chi connectivity index (χ4v) is 4.28. The van der Waals surface area contributed by atoms with E-state index in [0.29, 0.717) is 29.1 Å². The quantitative estimate of drug-likeness (QED) is 0.334. The van der Waals surface area contributed by atoms with Crippen LogP contribution < -0.4 is 5.56 Å². The van der Waals surface area contributed by atoms with Crippen LogP contribution in [0.5, 0.6) is 0 Å². The molecule has 0 aliphatic carbocycles. The van der Waals surface area contributed by atoms with Crippen LogP contribution in [-0.4, -0.2) is 27.4 Å². The molecule has 0 radical (unpaired) electrons. The third kappa shape index (κ3) is 4.12. The fraction of sp³-hybridized carbons (Fsp3) is 0.318. The van der Waals surface area contributed by atoms with Crippen molar-refractivity contribution < 1.29 is 9.53 Å². The van der Waals surface area contributed by atoms with Gasteiger partial charge in [0.1, 0.15) is 5.25 Å². The first-order valence-electron chi connectivity index (χ1n) is 9.47. The van der Waals surface area contributed by atoms with Crippen LogP contribution in [0.2, 0.25) is 0 Å². The van der Waals surface area contributed by atoms with Crippen molar-refractivity contribution in [2.45, 2.75) is 44.0 Å². The Kier molecular flexibility index (Phi) is 6.52. The summed E-state index contributed by atoms with van der Waals surface area (Å²) in [5.41, 5.74) is 2.22. The summed E-state index contributed by atoms with van der Waals surface area (Å²) in [7, 11) is 0. The molecule has 28 heavy (non-hydrogen) atoms. The number of hydrogen-bond donors (Lipinski definition) is 0. The van der Waals surface area contributed by atoms with Gasteiger partial charge < -0.3 is 4.74 Å². The molecule has 0 spiro atoms. The van der Waals surface area contributed by atoms with Crippen LogP contribution in [0, 0.1) is 6.92 Å². The van der Waals surface area contributed by atoms with Gasteiger partial charge >= 0.3 is 5.97 Å². The number of para-hydroxylation sites is 2. The molecular weight excluding hydrogens is 372 g/mol. The number of hydrogen-bond acceptors (Lipinski definition) is 5. The van der Waals surface area contributed by atoms with Gasteiger partial charge in [0, 0.05) is 0 Å². The highest BCUT2D eigenvalue weighted by atomic mass is 32.2. The van der Waals surface area contributed by atoms with Crippen LogP contribution in [-0.2, 0) is 9.53 Å². The lowest BCUT2D eigenvalue weighted by Gasteiger charge is -2.18. The first-order valence-corrected chi connectivity index (χ1v) is 10.4. The van der Waals surface area contributed by atoms with Crippen molar-refractivity contribution in [2.24, 2.45) is 0 Å². The molecule has 0 unspecified atom stereocenters. The highest BCUT2D eigenvalue weighted by molar-refractivity contribution is 8.00. The van der Waals surface area contributed by atoms with Crippen LogP contribution in [0.3, 0.4) is 0 Å². The predicted octanol–water partition coefficient (Wildman–Crippen LogP) is 4.52. The first-order chi connectivity index (χ1) is 13.6. The van der Waals surface area contributed by atoms with Gasteiger partial charge in [0.15, 0.2) is 5.16 Å². The van der Waals surface area contributed by atoms with Gasteiger partial charge in [0.05, 0.1) is 23.2 Å². The fourth-order valence-electron chi connectivity index (χ4n) is 3.07. The second-order valence-corrected chi connectivity index (χ2v) is 7.66. The molecule has 6 heteroatoms. The standard InChI is InChI=1S/C22H24N2O3S/c1-4-10-19(21(26)27-5-2)28-22-23-17-13-8-7-12-16(17)20(25)24(22)18-14-9-6-11-15(18)3/h6-9,11-14,19H,4-5,10H2,1-3H3/t19-/m1/s1. The highest BCUT2D eigenvalue weighted by Crippen LogP contribution is 2.29. The highest BCUT2D eigenvalue weighted by Gasteiger charge is 2.24. The maximum absolute atomic E-state index is 13.3. The average Bonchev–Trinajstić information content (AvgIpc) is 2.69. The van der Waals surface area contributed by atoms with E-state index in [0.717, 1.165) is 17.7 Å². The third-order valence-corrected chi connectivity index (χ3v) is 5.65. The largest absolute Gasteiger partial charge is 0.465 e. The van der Waals surface area contributed by atoms with Gasteiger partial charge in [-0.25, -0.2) is 4.98 Å². The van der Waals surface area contributed by atoms with Crippen molar-refractivity contribution in [2.75, 3.05) is 6.61 Å². The van der Waals surface area contributed by atoms with Gasteiger partial charge in [0.25, 0.3) is 5.56 Å². The van der Waals surface area contributed by atoms with Crippen LogP contribution in [0.25, 0.3) is 16.6 Å². The number of rotatable bonds is 7. The molecule has 0 aliphatic rings. The molecule has 0 N–H and O–H groups in total. The summed E-state index contributed by atoms with van der Waals surface area (Å²) in [6, 6.07) is 15.0. The minimum absolute atomic E-state index is 0.137. The van der Waals surface area contributed by atoms with E-state index in [4.69, 9.17) is 9.72 Å². The molecule has 146 valence electrons. The minimum Gasteiger partial charge on any atom is -0.465 e. The number of ether oxygens (including phenoxy) is 1. The van der Waals surface area contributed by atoms with Gasteiger partial charge in [-0.05, 0) is 44.0 Å². The second kappa shape index (κ2) is 9.06. The third-order valence-electron chi connectivity index (χ3n) is 4.45. The Bertz CT molecular complexity index is 1050. The van der Waals surface area contributed by atoms with Crippen molar-refractivity contribution in [1.29, 1.82) is 0 Å². The number of carbonyl (C=O) groups is 1. The molecule has 3 rings (SSSR count). The Morgan fingerprint density at radius 3 is 2.57 bits per heavy atom. The SMILES string of the molecule is CCC[C@@H](Sc1nc2ccccc2c(=O)n1-c1ccccc1C)C(=O)OCC. The Hall–Kier alpha value is -2.60. The van der Waals surface area contributed by atoms with Gasteiger partial charge in [-0.1, -0.05) is 55.4 Å². The zero-order valence-corrected chi connectivity index (χ0v) is 17.2. The topological polar surface area (TPSA) is 61.2 Å². The number of nitrogens with zero attached hydrogens (tertiary/aromatic N) is 2. The lowest BCUT2D eigenvalue weighted by Crippen LogP contribution is -2.26. The van der Waals surface area contributed by atoms with E-state index in [1.165, 1.54) is 11.8 Å². The van der Waals surface area contributed by atoms with E-state index in [1.54, 1.807) is 17.6 Å². The van der Waals surface area contributed by atoms with E-state index in [9.17, 15) is 9.59 Å². The van der Waals surface area contributed by atoms with Crippen LogP contribution in [0.1, 0.15) is 32.3 Å². The maximum Gasteiger partial charge on any atom is 0.319 e. The molecule has 1 atom stereocenters. The van der Waals surface area contributed by atoms with Crippen molar-refractivity contribution in [3.05, 3.63) is 64.4 Å². The smallest absolute Gasteiger partial charge is 0.319 e. The lowest BCUT2D eigenvalue weighted by molar-refractivity contribution is -0.142. The van der Waals surface area contributed by atoms with Crippen LogP contribution >= 0.6 is 11.8 Å². The average molecular weight is 397 g/mol. The molecule has 0 aliphatic heterocycles. The molecule has 1 heterocycles. The van der Waals surface area contributed by atoms with Crippen molar-refractivity contribution >= 4 is 28.6 Å². The number of esters is 1. The Labute approximate surface area is 168 Å². The summed E-state index contributed by atoms with van der Waals surface area (Å²) in [6.45, 7) is 6.10. The monoisotopic (exact) mass is 396 g/mol. The Morgan fingerprint density at radius 1 is 1.14 bits per heavy atom. The number of benzene rings is 2. The predicted molar refractivity (Wildman–Crippen MR) is 113 cm³/mol. The summed E-state index contributed by atoms with van der Waals surface area (Å²) >= 11 is 1.30. The minimum atomic E-state index is -0.409. The van der Waals surface area contributed by atoms with Gasteiger partial charge in [0.2, 0.25) is 0 Å². The van der Waals surface area contributed by atoms with E-state index < -0.39 is 5.25 Å². The molecule has 5 nitrogen and oxygen atoms in total. The molecule has 0 bridgehead atoms. The number of aryl methyl sites for hydroxylation is 1. The molecular formula is C22H24N2O3S. The van der Waals surface area contributed by atoms with E-state index in [-0.39, 0.29) is 11.5 Å². The van der Waals surface area contributed by atoms with Gasteiger partial charge in [-0.15, -0.1) is 0 Å². The maximum atomic E-state index is 13.3. The summed E-state index contributed by atoms with van der Waals surface area (Å²) in [6.07, 6.45) is 1.48. The molecule has 1 aromatic heterocycles. The van der Waals surface area contributed by atoms with Crippen molar-refractivity contribution in [1.82, 2.24) is 9.55 Å². The van der Waals surface area contributed by atoms with E-state index in [1.807, 2.05) is 56.3 Å². The summed E-state index contributed by atoms with van der Waals surface area (Å²) in [4.78, 5) is 30.5. The number of carbonyl (C=O) groups excluding carboxylic acids is 1. The van der Waals surface area contributed by atoms with E-state index in [2.05, 4.69) is 0 Å². The van der Waals surface area contributed by atoms with Crippen LogP contribution in [0.4, 0.5) is 0 Å².